The van der Waals surface area contributed by atoms with Crippen molar-refractivity contribution in [2.24, 2.45) is 5.84 Å². The number of hydrogen-bond donors (Lipinski definition) is 2. The number of ether oxygens (including phenoxy) is 1. The van der Waals surface area contributed by atoms with Gasteiger partial charge in [0, 0.05) is 24.5 Å². The Bertz CT molecular complexity index is 534. The second kappa shape index (κ2) is 4.88. The Kier molecular flexibility index (Phi) is 3.30. The Morgan fingerprint density at radius 2 is 2.29 bits per heavy atom. The van der Waals surface area contributed by atoms with E-state index in [0.29, 0.717) is 13.0 Å². The Balaban J connectivity index is 2.27. The van der Waals surface area contributed by atoms with Crippen molar-refractivity contribution in [2.45, 2.75) is 13.0 Å². The van der Waals surface area contributed by atoms with E-state index in [0.717, 1.165) is 16.7 Å². The van der Waals surface area contributed by atoms with Gasteiger partial charge in [0.2, 0.25) is 5.91 Å². The standard InChI is InChI=1S/C12H15N3O2/c1-17-11-4-2-3-10-9(11)5-7-15(10)8-6-12(16)14-13/h2-5,7H,6,8,13H2,1H3,(H,14,16). The van der Waals surface area contributed by atoms with E-state index in [1.54, 1.807) is 7.11 Å². The molecule has 17 heavy (non-hydrogen) atoms. The first kappa shape index (κ1) is 11.5. The molecule has 1 amide bonds. The summed E-state index contributed by atoms with van der Waals surface area (Å²) in [6.07, 6.45) is 2.30. The second-order valence-corrected chi connectivity index (χ2v) is 3.72. The lowest BCUT2D eigenvalue weighted by atomic mass is 10.2. The van der Waals surface area contributed by atoms with Gasteiger partial charge in [-0.2, -0.15) is 0 Å². The molecule has 2 aromatic rings. The average molecular weight is 233 g/mol. The summed E-state index contributed by atoms with van der Waals surface area (Å²) in [6.45, 7) is 0.597. The zero-order valence-corrected chi connectivity index (χ0v) is 9.64. The number of aromatic nitrogens is 1. The largest absolute Gasteiger partial charge is 0.496 e. The maximum atomic E-state index is 11.1. The molecule has 0 unspecified atom stereocenters. The van der Waals surface area contributed by atoms with E-state index in [-0.39, 0.29) is 5.91 Å². The molecule has 0 saturated carbocycles. The number of aryl methyl sites for hydroxylation is 1. The van der Waals surface area contributed by atoms with Crippen LogP contribution < -0.4 is 16.0 Å². The molecule has 0 saturated heterocycles. The molecule has 1 heterocycles. The van der Waals surface area contributed by atoms with Crippen molar-refractivity contribution in [3.63, 3.8) is 0 Å². The predicted octanol–water partition coefficient (Wildman–Crippen LogP) is 1.03. The van der Waals surface area contributed by atoms with Crippen molar-refractivity contribution < 1.29 is 9.53 Å². The number of methoxy groups -OCH3 is 1. The minimum Gasteiger partial charge on any atom is -0.496 e. The molecule has 5 heteroatoms. The maximum absolute atomic E-state index is 11.1. The number of nitrogens with zero attached hydrogens (tertiary/aromatic N) is 1. The van der Waals surface area contributed by atoms with Gasteiger partial charge >= 0.3 is 0 Å². The van der Waals surface area contributed by atoms with Gasteiger partial charge in [0.1, 0.15) is 5.75 Å². The molecule has 2 rings (SSSR count). The molecular weight excluding hydrogens is 218 g/mol. The van der Waals surface area contributed by atoms with Gasteiger partial charge in [-0.25, -0.2) is 5.84 Å². The number of hydrazine groups is 1. The molecule has 3 N–H and O–H groups in total. The number of amides is 1. The minimum absolute atomic E-state index is 0.172. The van der Waals surface area contributed by atoms with Crippen LogP contribution in [-0.2, 0) is 11.3 Å². The van der Waals surface area contributed by atoms with Crippen LogP contribution in [0.15, 0.2) is 30.5 Å². The highest BCUT2D eigenvalue weighted by molar-refractivity contribution is 5.86. The second-order valence-electron chi connectivity index (χ2n) is 3.72. The van der Waals surface area contributed by atoms with Crippen LogP contribution in [0.2, 0.25) is 0 Å². The number of benzene rings is 1. The molecule has 1 aromatic heterocycles. The van der Waals surface area contributed by atoms with Gasteiger partial charge in [0.15, 0.2) is 0 Å². The Morgan fingerprint density at radius 3 is 3.00 bits per heavy atom. The maximum Gasteiger partial charge on any atom is 0.235 e. The summed E-state index contributed by atoms with van der Waals surface area (Å²) in [5, 5.41) is 1.04. The Morgan fingerprint density at radius 1 is 1.47 bits per heavy atom. The first-order valence-corrected chi connectivity index (χ1v) is 5.37. The van der Waals surface area contributed by atoms with Gasteiger partial charge in [-0.05, 0) is 18.2 Å². The fourth-order valence-electron chi connectivity index (χ4n) is 1.86. The zero-order valence-electron chi connectivity index (χ0n) is 9.64. The summed E-state index contributed by atoms with van der Waals surface area (Å²) in [5.41, 5.74) is 3.17. The summed E-state index contributed by atoms with van der Waals surface area (Å²) in [5.74, 6) is 5.71. The molecule has 0 spiro atoms. The van der Waals surface area contributed by atoms with Gasteiger partial charge in [0.05, 0.1) is 12.6 Å². The quantitative estimate of drug-likeness (QED) is 0.471. The molecule has 0 aliphatic rings. The summed E-state index contributed by atoms with van der Waals surface area (Å²) in [4.78, 5) is 11.1. The molecule has 0 bridgehead atoms. The van der Waals surface area contributed by atoms with E-state index in [1.165, 1.54) is 0 Å². The topological polar surface area (TPSA) is 69.3 Å². The molecule has 0 atom stereocenters. The van der Waals surface area contributed by atoms with Gasteiger partial charge in [-0.1, -0.05) is 6.07 Å². The van der Waals surface area contributed by atoms with Gasteiger partial charge in [-0.15, -0.1) is 0 Å². The number of nitrogens with one attached hydrogen (secondary N) is 1. The third-order valence-corrected chi connectivity index (χ3v) is 2.73. The summed E-state index contributed by atoms with van der Waals surface area (Å²) < 4.78 is 7.28. The molecule has 1 aromatic carbocycles. The Hall–Kier alpha value is -2.01. The van der Waals surface area contributed by atoms with Crippen molar-refractivity contribution >= 4 is 16.8 Å². The molecule has 0 aliphatic carbocycles. The van der Waals surface area contributed by atoms with Crippen molar-refractivity contribution in [2.75, 3.05) is 7.11 Å². The fraction of sp³-hybridized carbons (Fsp3) is 0.250. The number of carbonyl (C=O) groups excluding carboxylic acids is 1. The number of carbonyl (C=O) groups is 1. The molecule has 5 nitrogen and oxygen atoms in total. The van der Waals surface area contributed by atoms with Crippen LogP contribution in [0.3, 0.4) is 0 Å². The van der Waals surface area contributed by atoms with Gasteiger partial charge in [-0.3, -0.25) is 10.2 Å². The lowest BCUT2D eigenvalue weighted by molar-refractivity contribution is -0.121. The highest BCUT2D eigenvalue weighted by atomic mass is 16.5. The lowest BCUT2D eigenvalue weighted by Gasteiger charge is -2.06. The summed E-state index contributed by atoms with van der Waals surface area (Å²) in [7, 11) is 1.65. The number of rotatable bonds is 4. The smallest absolute Gasteiger partial charge is 0.235 e. The lowest BCUT2D eigenvalue weighted by Crippen LogP contribution is -2.30. The normalized spacial score (nSPS) is 10.5. The van der Waals surface area contributed by atoms with Crippen LogP contribution in [-0.4, -0.2) is 17.6 Å². The third-order valence-electron chi connectivity index (χ3n) is 2.73. The monoisotopic (exact) mass is 233 g/mol. The van der Waals surface area contributed by atoms with E-state index in [4.69, 9.17) is 10.6 Å². The molecule has 0 radical (unpaired) electrons. The van der Waals surface area contributed by atoms with Crippen LogP contribution in [0.5, 0.6) is 5.75 Å². The van der Waals surface area contributed by atoms with Crippen molar-refractivity contribution in [1.82, 2.24) is 9.99 Å². The fourth-order valence-corrected chi connectivity index (χ4v) is 1.86. The average Bonchev–Trinajstić information content (AvgIpc) is 2.78. The highest BCUT2D eigenvalue weighted by Crippen LogP contribution is 2.26. The zero-order chi connectivity index (χ0) is 12.3. The minimum atomic E-state index is -0.172. The van der Waals surface area contributed by atoms with Crippen LogP contribution in [0.25, 0.3) is 10.9 Å². The van der Waals surface area contributed by atoms with E-state index < -0.39 is 0 Å². The van der Waals surface area contributed by atoms with Crippen LogP contribution in [0, 0.1) is 0 Å². The molecule has 0 aliphatic heterocycles. The molecule has 90 valence electrons. The number of fused-ring (bicyclic) bond motifs is 1. The summed E-state index contributed by atoms with van der Waals surface area (Å²) >= 11 is 0. The van der Waals surface area contributed by atoms with Gasteiger partial charge in [0.25, 0.3) is 0 Å². The SMILES string of the molecule is COc1cccc2c1ccn2CCC(=O)NN. The van der Waals surface area contributed by atoms with Crippen LogP contribution >= 0.6 is 0 Å². The molecular formula is C12H15N3O2. The van der Waals surface area contributed by atoms with Crippen molar-refractivity contribution in [3.8, 4) is 5.75 Å². The first-order chi connectivity index (χ1) is 8.26. The van der Waals surface area contributed by atoms with E-state index in [2.05, 4.69) is 5.43 Å². The van der Waals surface area contributed by atoms with E-state index >= 15 is 0 Å². The van der Waals surface area contributed by atoms with Crippen molar-refractivity contribution in [1.29, 1.82) is 0 Å². The first-order valence-electron chi connectivity index (χ1n) is 5.37. The molecule has 0 fully saturated rings. The number of nitrogens with two attached hydrogens (primary N) is 1. The predicted molar refractivity (Wildman–Crippen MR) is 65.4 cm³/mol. The van der Waals surface area contributed by atoms with E-state index in [1.807, 2.05) is 35.0 Å². The third kappa shape index (κ3) is 2.24. The number of hydrogen-bond acceptors (Lipinski definition) is 3. The van der Waals surface area contributed by atoms with Crippen LogP contribution in [0.4, 0.5) is 0 Å². The van der Waals surface area contributed by atoms with E-state index in [9.17, 15) is 4.79 Å². The highest BCUT2D eigenvalue weighted by Gasteiger charge is 2.06. The Labute approximate surface area is 99.1 Å². The van der Waals surface area contributed by atoms with Crippen LogP contribution in [0.1, 0.15) is 6.42 Å². The van der Waals surface area contributed by atoms with Gasteiger partial charge < -0.3 is 9.30 Å². The van der Waals surface area contributed by atoms with Crippen molar-refractivity contribution in [3.05, 3.63) is 30.5 Å². The summed E-state index contributed by atoms with van der Waals surface area (Å²) in [6, 6.07) is 7.83.